The molecule has 0 radical (unpaired) electrons. The third-order valence-corrected chi connectivity index (χ3v) is 3.91. The average Bonchev–Trinajstić information content (AvgIpc) is 3.01. The van der Waals surface area contributed by atoms with Crippen LogP contribution in [0.3, 0.4) is 0 Å². The normalized spacial score (nSPS) is 9.81. The average molecular weight is 267 g/mol. The lowest BCUT2D eigenvalue weighted by Crippen LogP contribution is -1.75. The maximum Gasteiger partial charge on any atom is 0.165 e. The third kappa shape index (κ3) is 3.02. The highest BCUT2D eigenvalue weighted by molar-refractivity contribution is 7.99. The Labute approximate surface area is 105 Å². The molecule has 2 heterocycles. The van der Waals surface area contributed by atoms with Crippen LogP contribution in [0.2, 0.25) is 0 Å². The monoisotopic (exact) mass is 267 g/mol. The largest absolute Gasteiger partial charge is 0.272 e. The summed E-state index contributed by atoms with van der Waals surface area (Å²) in [5, 5.41) is 7.31. The Morgan fingerprint density at radius 2 is 2.12 bits per heavy atom. The van der Waals surface area contributed by atoms with Crippen molar-refractivity contribution in [2.24, 2.45) is 5.14 Å². The van der Waals surface area contributed by atoms with Gasteiger partial charge in [-0.1, -0.05) is 12.1 Å². The van der Waals surface area contributed by atoms with Crippen LogP contribution in [0.1, 0.15) is 0 Å². The number of nitrogens with two attached hydrogens (primary N) is 1. The number of fused-ring (bicyclic) bond motifs is 1. The molecule has 82 valence electrons. The predicted octanol–water partition coefficient (Wildman–Crippen LogP) is 3.41. The molecular weight excluding hydrogens is 258 g/mol. The zero-order chi connectivity index (χ0) is 11.2. The first-order chi connectivity index (χ1) is 7.90. The minimum absolute atomic E-state index is 0.922. The fourth-order valence-electron chi connectivity index (χ4n) is 1.08. The van der Waals surface area contributed by atoms with E-state index >= 15 is 0 Å². The zero-order valence-corrected chi connectivity index (χ0v) is 10.7. The van der Waals surface area contributed by atoms with E-state index in [9.17, 15) is 0 Å². The topological polar surface area (TPSA) is 51.8 Å². The van der Waals surface area contributed by atoms with Crippen molar-refractivity contribution in [1.82, 2.24) is 9.97 Å². The van der Waals surface area contributed by atoms with E-state index in [-0.39, 0.29) is 0 Å². The molecule has 0 fully saturated rings. The van der Waals surface area contributed by atoms with Crippen molar-refractivity contribution in [1.29, 1.82) is 0 Å². The van der Waals surface area contributed by atoms with Crippen molar-refractivity contribution in [2.75, 3.05) is 0 Å². The molecule has 3 rings (SSSR count). The molecule has 16 heavy (non-hydrogen) atoms. The summed E-state index contributed by atoms with van der Waals surface area (Å²) in [5.41, 5.74) is 2.82. The maximum absolute atomic E-state index is 5.38. The van der Waals surface area contributed by atoms with Crippen molar-refractivity contribution in [3.05, 3.63) is 41.4 Å². The van der Waals surface area contributed by atoms with Gasteiger partial charge in [0.25, 0.3) is 0 Å². The molecule has 0 bridgehead atoms. The zero-order valence-electron chi connectivity index (χ0n) is 8.24. The summed E-state index contributed by atoms with van der Waals surface area (Å²) in [6.45, 7) is 0. The van der Waals surface area contributed by atoms with Crippen LogP contribution >= 0.6 is 34.6 Å². The molecule has 0 saturated carbocycles. The third-order valence-electron chi connectivity index (χ3n) is 1.72. The number of benzene rings is 1. The van der Waals surface area contributed by atoms with Crippen molar-refractivity contribution in [2.45, 2.75) is 4.34 Å². The second kappa shape index (κ2) is 5.95. The molecule has 2 aromatic heterocycles. The van der Waals surface area contributed by atoms with Crippen LogP contribution in [-0.2, 0) is 0 Å². The molecule has 3 nitrogen and oxygen atoms in total. The van der Waals surface area contributed by atoms with E-state index in [2.05, 4.69) is 9.97 Å². The number of para-hydroxylation sites is 1. The van der Waals surface area contributed by atoms with E-state index in [0.29, 0.717) is 0 Å². The first-order valence-corrected chi connectivity index (χ1v) is 7.08. The molecule has 0 aliphatic heterocycles. The lowest BCUT2D eigenvalue weighted by Gasteiger charge is -1.80. The van der Waals surface area contributed by atoms with Gasteiger partial charge in [-0.05, 0) is 24.1 Å². The first-order valence-electron chi connectivity index (χ1n) is 4.44. The number of hydrogen-bond acceptors (Lipinski definition) is 6. The van der Waals surface area contributed by atoms with Gasteiger partial charge in [-0.2, -0.15) is 0 Å². The second-order valence-corrected chi connectivity index (χ2v) is 5.41. The van der Waals surface area contributed by atoms with Crippen molar-refractivity contribution in [3.8, 4) is 0 Å². The van der Waals surface area contributed by atoms with Gasteiger partial charge in [0.1, 0.15) is 0 Å². The van der Waals surface area contributed by atoms with Crippen molar-refractivity contribution in [3.63, 3.8) is 0 Å². The Morgan fingerprint density at radius 3 is 2.69 bits per heavy atom. The predicted molar refractivity (Wildman–Crippen MR) is 71.8 cm³/mol. The smallest absolute Gasteiger partial charge is 0.165 e. The summed E-state index contributed by atoms with van der Waals surface area (Å²) >= 11 is 4.43. The van der Waals surface area contributed by atoms with E-state index in [1.807, 2.05) is 29.6 Å². The maximum atomic E-state index is 5.38. The summed E-state index contributed by atoms with van der Waals surface area (Å²) in [6, 6.07) is 8.02. The van der Waals surface area contributed by atoms with Gasteiger partial charge in [-0.25, -0.2) is 4.98 Å². The Morgan fingerprint density at radius 1 is 1.25 bits per heavy atom. The minimum Gasteiger partial charge on any atom is -0.272 e. The highest BCUT2D eigenvalue weighted by Gasteiger charge is 1.99. The van der Waals surface area contributed by atoms with Gasteiger partial charge >= 0.3 is 0 Å². The van der Waals surface area contributed by atoms with Gasteiger partial charge in [-0.3, -0.25) is 10.1 Å². The quantitative estimate of drug-likeness (QED) is 0.686. The van der Waals surface area contributed by atoms with Crippen LogP contribution in [0.5, 0.6) is 0 Å². The highest BCUT2D eigenvalue weighted by Crippen LogP contribution is 2.25. The first kappa shape index (κ1) is 11.5. The van der Waals surface area contributed by atoms with Crippen LogP contribution in [-0.4, -0.2) is 9.97 Å². The molecule has 0 aliphatic carbocycles. The van der Waals surface area contributed by atoms with Gasteiger partial charge < -0.3 is 0 Å². The van der Waals surface area contributed by atoms with Crippen LogP contribution in [0.4, 0.5) is 0 Å². The van der Waals surface area contributed by atoms with E-state index in [0.717, 1.165) is 9.86 Å². The lowest BCUT2D eigenvalue weighted by atomic mass is 10.3. The van der Waals surface area contributed by atoms with E-state index in [1.54, 1.807) is 34.4 Å². The molecule has 0 amide bonds. The number of aromatic nitrogens is 2. The van der Waals surface area contributed by atoms with Gasteiger partial charge in [-0.15, -0.1) is 22.7 Å². The van der Waals surface area contributed by atoms with Gasteiger partial charge in [0.15, 0.2) is 4.34 Å². The van der Waals surface area contributed by atoms with E-state index < -0.39 is 0 Å². The van der Waals surface area contributed by atoms with Crippen LogP contribution in [0.15, 0.2) is 45.7 Å². The number of hydrogen-bond donors (Lipinski definition) is 1. The molecule has 2 N–H and O–H groups in total. The molecule has 6 heteroatoms. The highest BCUT2D eigenvalue weighted by atomic mass is 32.2. The molecule has 0 spiro atoms. The Bertz CT molecular complexity index is 483. The fourth-order valence-corrected chi connectivity index (χ4v) is 2.74. The Kier molecular flexibility index (Phi) is 4.29. The number of nitrogens with zero attached hydrogens (tertiary/aromatic N) is 2. The summed E-state index contributed by atoms with van der Waals surface area (Å²) in [5.74, 6) is 0. The van der Waals surface area contributed by atoms with Gasteiger partial charge in [0, 0.05) is 11.6 Å². The number of thiazole rings is 2. The van der Waals surface area contributed by atoms with E-state index in [4.69, 9.17) is 5.14 Å². The van der Waals surface area contributed by atoms with Crippen LogP contribution in [0.25, 0.3) is 10.2 Å². The minimum atomic E-state index is 0.922. The Balaban J connectivity index is 0.000000162. The van der Waals surface area contributed by atoms with Crippen molar-refractivity contribution >= 4 is 44.8 Å². The van der Waals surface area contributed by atoms with E-state index in [1.165, 1.54) is 16.6 Å². The summed E-state index contributed by atoms with van der Waals surface area (Å²) in [6.07, 6.45) is 1.77. The van der Waals surface area contributed by atoms with Gasteiger partial charge in [0.2, 0.25) is 0 Å². The van der Waals surface area contributed by atoms with Crippen LogP contribution in [0, 0.1) is 0 Å². The second-order valence-electron chi connectivity index (χ2n) is 2.74. The van der Waals surface area contributed by atoms with Crippen molar-refractivity contribution < 1.29 is 0 Å². The summed E-state index contributed by atoms with van der Waals surface area (Å²) in [4.78, 5) is 8.03. The molecule has 3 aromatic rings. The Hall–Kier alpha value is -0.950. The summed E-state index contributed by atoms with van der Waals surface area (Å²) < 4.78 is 2.12. The molecule has 0 saturated heterocycles. The molecular formula is C10H9N3S3. The molecule has 0 unspecified atom stereocenters. The lowest BCUT2D eigenvalue weighted by molar-refractivity contribution is 1.30. The number of rotatable bonds is 1. The molecule has 0 atom stereocenters. The SMILES string of the molecule is NSc1nc2ccccc2s1.c1cscn1. The molecule has 0 aliphatic rings. The van der Waals surface area contributed by atoms with Gasteiger partial charge in [0.05, 0.1) is 15.7 Å². The fraction of sp³-hybridized carbons (Fsp3) is 0. The summed E-state index contributed by atoms with van der Waals surface area (Å²) in [7, 11) is 0. The standard InChI is InChI=1S/C7H6N2S2.C3H3NS/c8-11-7-9-5-3-1-2-4-6(5)10-7;1-2-5-3-4-1/h1-4H,8H2;1-3H. The molecule has 1 aromatic carbocycles. The van der Waals surface area contributed by atoms with Crippen LogP contribution < -0.4 is 5.14 Å².